The lowest BCUT2D eigenvalue weighted by molar-refractivity contribution is -0.385. The minimum Gasteiger partial charge on any atom is -0.384 e. The molecule has 102 valence electrons. The summed E-state index contributed by atoms with van der Waals surface area (Å²) in [6, 6.07) is 7.05. The van der Waals surface area contributed by atoms with Crippen LogP contribution < -0.4 is 0 Å². The maximum Gasteiger partial charge on any atom is 0.269 e. The van der Waals surface area contributed by atoms with E-state index in [-0.39, 0.29) is 16.0 Å². The molecule has 5 nitrogen and oxygen atoms in total. The highest BCUT2D eigenvalue weighted by Gasteiger charge is 2.68. The van der Waals surface area contributed by atoms with Gasteiger partial charge in [-0.3, -0.25) is 10.1 Å². The molecule has 2 aliphatic rings. The average molecular weight is 262 g/mol. The molecular weight excluding hydrogens is 244 g/mol. The smallest absolute Gasteiger partial charge is 0.269 e. The zero-order valence-corrected chi connectivity index (χ0v) is 11.2. The molecule has 0 amide bonds. The lowest BCUT2D eigenvalue weighted by Crippen LogP contribution is -2.30. The fourth-order valence-electron chi connectivity index (χ4n) is 3.80. The largest absolute Gasteiger partial charge is 0.384 e. The first-order chi connectivity index (χ1) is 9.09. The molecular formula is C14H18N2O3. The third-order valence-corrected chi connectivity index (χ3v) is 4.69. The minimum absolute atomic E-state index is 0.00667. The number of rotatable bonds is 4. The van der Waals surface area contributed by atoms with Crippen molar-refractivity contribution in [2.24, 2.45) is 11.8 Å². The Morgan fingerprint density at radius 2 is 2.16 bits per heavy atom. The van der Waals surface area contributed by atoms with Gasteiger partial charge in [0.1, 0.15) is 0 Å². The van der Waals surface area contributed by atoms with Gasteiger partial charge in [-0.05, 0) is 24.4 Å². The zero-order valence-electron chi connectivity index (χ0n) is 11.2. The Kier molecular flexibility index (Phi) is 2.83. The van der Waals surface area contributed by atoms with Crippen molar-refractivity contribution < 1.29 is 9.66 Å². The van der Waals surface area contributed by atoms with Gasteiger partial charge in [0.15, 0.2) is 0 Å². The molecule has 1 aromatic carbocycles. The van der Waals surface area contributed by atoms with Gasteiger partial charge in [-0.25, -0.2) is 0 Å². The van der Waals surface area contributed by atoms with Crippen LogP contribution in [0.5, 0.6) is 0 Å². The van der Waals surface area contributed by atoms with Crippen LogP contribution in [0.15, 0.2) is 24.3 Å². The van der Waals surface area contributed by atoms with Crippen LogP contribution in [-0.2, 0) is 10.2 Å². The lowest BCUT2D eigenvalue weighted by Gasteiger charge is -2.24. The van der Waals surface area contributed by atoms with E-state index >= 15 is 0 Å². The van der Waals surface area contributed by atoms with Crippen LogP contribution in [0.1, 0.15) is 5.56 Å². The third kappa shape index (κ3) is 1.76. The van der Waals surface area contributed by atoms with E-state index in [0.717, 1.165) is 18.7 Å². The van der Waals surface area contributed by atoms with Crippen LogP contribution in [0.2, 0.25) is 0 Å². The van der Waals surface area contributed by atoms with Gasteiger partial charge in [0.05, 0.1) is 11.5 Å². The van der Waals surface area contributed by atoms with Gasteiger partial charge < -0.3 is 9.64 Å². The van der Waals surface area contributed by atoms with Crippen molar-refractivity contribution in [2.75, 3.05) is 33.9 Å². The maximum absolute atomic E-state index is 10.9. The number of hydrogen-bond acceptors (Lipinski definition) is 4. The average Bonchev–Trinajstić information content (AvgIpc) is 2.79. The van der Waals surface area contributed by atoms with E-state index in [1.807, 2.05) is 6.07 Å². The molecule has 0 radical (unpaired) electrons. The molecule has 2 fully saturated rings. The number of nitro benzene ring substituents is 1. The monoisotopic (exact) mass is 262 g/mol. The number of ether oxygens (including phenoxy) is 1. The number of likely N-dealkylation sites (tertiary alicyclic amines) is 1. The Hall–Kier alpha value is -1.46. The van der Waals surface area contributed by atoms with Crippen LogP contribution in [0.25, 0.3) is 0 Å². The Morgan fingerprint density at radius 1 is 1.47 bits per heavy atom. The number of benzene rings is 1. The van der Waals surface area contributed by atoms with Gasteiger partial charge in [0, 0.05) is 37.7 Å². The van der Waals surface area contributed by atoms with E-state index in [0.29, 0.717) is 18.4 Å². The number of hydrogen-bond donors (Lipinski definition) is 0. The van der Waals surface area contributed by atoms with Crippen LogP contribution in [0.4, 0.5) is 5.69 Å². The van der Waals surface area contributed by atoms with Gasteiger partial charge in [0.2, 0.25) is 0 Å². The maximum atomic E-state index is 10.9. The third-order valence-electron chi connectivity index (χ3n) is 4.69. The van der Waals surface area contributed by atoms with Crippen molar-refractivity contribution in [3.8, 4) is 0 Å². The number of fused-ring (bicyclic) bond motifs is 1. The van der Waals surface area contributed by atoms with Crippen LogP contribution in [-0.4, -0.2) is 43.7 Å². The standard InChI is InChI=1S/C14H18N2O3/c1-15-7-12-13(8-15)14(12,9-19-2)10-4-3-5-11(6-10)16(17)18/h3-6,12-13H,7-9H2,1-2H3/t12-,13+,14?. The molecule has 1 saturated heterocycles. The van der Waals surface area contributed by atoms with Crippen molar-refractivity contribution in [3.05, 3.63) is 39.9 Å². The van der Waals surface area contributed by atoms with Crippen molar-refractivity contribution in [1.29, 1.82) is 0 Å². The van der Waals surface area contributed by atoms with Gasteiger partial charge in [-0.2, -0.15) is 0 Å². The van der Waals surface area contributed by atoms with E-state index < -0.39 is 0 Å². The SMILES string of the molecule is COCC1(c2cccc([N+](=O)[O-])c2)[C@@H]2CN(C)C[C@@H]21. The highest BCUT2D eigenvalue weighted by Crippen LogP contribution is 2.63. The van der Waals surface area contributed by atoms with E-state index in [1.54, 1.807) is 25.3 Å². The van der Waals surface area contributed by atoms with Crippen LogP contribution >= 0.6 is 0 Å². The van der Waals surface area contributed by atoms with Crippen molar-refractivity contribution in [2.45, 2.75) is 5.41 Å². The molecule has 3 rings (SSSR count). The molecule has 1 saturated carbocycles. The predicted octanol–water partition coefficient (Wildman–Crippen LogP) is 1.67. The molecule has 1 heterocycles. The zero-order chi connectivity index (χ0) is 13.6. The van der Waals surface area contributed by atoms with Gasteiger partial charge in [-0.1, -0.05) is 12.1 Å². The second-order valence-electron chi connectivity index (χ2n) is 5.72. The summed E-state index contributed by atoms with van der Waals surface area (Å²) >= 11 is 0. The van der Waals surface area contributed by atoms with Gasteiger partial charge >= 0.3 is 0 Å². The normalized spacial score (nSPS) is 33.2. The first-order valence-electron chi connectivity index (χ1n) is 6.52. The molecule has 0 spiro atoms. The minimum atomic E-state index is -0.325. The van der Waals surface area contributed by atoms with Crippen molar-refractivity contribution in [3.63, 3.8) is 0 Å². The molecule has 1 aliphatic carbocycles. The number of piperidine rings is 1. The quantitative estimate of drug-likeness (QED) is 0.612. The Balaban J connectivity index is 1.95. The molecule has 19 heavy (non-hydrogen) atoms. The molecule has 1 aliphatic heterocycles. The molecule has 3 atom stereocenters. The van der Waals surface area contributed by atoms with E-state index in [4.69, 9.17) is 4.74 Å². The number of non-ortho nitro benzene ring substituents is 1. The summed E-state index contributed by atoms with van der Waals surface area (Å²) in [5, 5.41) is 10.9. The molecule has 1 aromatic rings. The predicted molar refractivity (Wildman–Crippen MR) is 71.1 cm³/mol. The molecule has 1 unspecified atom stereocenters. The summed E-state index contributed by atoms with van der Waals surface area (Å²) in [7, 11) is 3.83. The Labute approximate surface area is 112 Å². The van der Waals surface area contributed by atoms with Crippen molar-refractivity contribution in [1.82, 2.24) is 4.90 Å². The van der Waals surface area contributed by atoms with E-state index in [9.17, 15) is 10.1 Å². The first kappa shape index (κ1) is 12.6. The molecule has 0 bridgehead atoms. The number of methoxy groups -OCH3 is 1. The van der Waals surface area contributed by atoms with Gasteiger partial charge in [0.25, 0.3) is 5.69 Å². The second-order valence-corrected chi connectivity index (χ2v) is 5.72. The summed E-state index contributed by atoms with van der Waals surface area (Å²) < 4.78 is 5.41. The first-order valence-corrected chi connectivity index (χ1v) is 6.52. The summed E-state index contributed by atoms with van der Waals surface area (Å²) in [5.41, 5.74) is 1.23. The summed E-state index contributed by atoms with van der Waals surface area (Å²) in [6.45, 7) is 2.75. The second kappa shape index (κ2) is 4.28. The fraction of sp³-hybridized carbons (Fsp3) is 0.571. The molecule has 0 aromatic heterocycles. The summed E-state index contributed by atoms with van der Waals surface area (Å²) in [5.74, 6) is 1.14. The highest BCUT2D eigenvalue weighted by molar-refractivity contribution is 5.45. The number of nitro groups is 1. The number of nitrogens with zero attached hydrogens (tertiary/aromatic N) is 2. The van der Waals surface area contributed by atoms with E-state index in [1.165, 1.54) is 0 Å². The molecule has 0 N–H and O–H groups in total. The van der Waals surface area contributed by atoms with Crippen LogP contribution in [0.3, 0.4) is 0 Å². The lowest BCUT2D eigenvalue weighted by atomic mass is 9.90. The Bertz CT molecular complexity index is 505. The fourth-order valence-corrected chi connectivity index (χ4v) is 3.80. The van der Waals surface area contributed by atoms with Crippen molar-refractivity contribution >= 4 is 5.69 Å². The van der Waals surface area contributed by atoms with E-state index in [2.05, 4.69) is 11.9 Å². The summed E-state index contributed by atoms with van der Waals surface area (Å²) in [4.78, 5) is 12.9. The van der Waals surface area contributed by atoms with Crippen LogP contribution in [0, 0.1) is 22.0 Å². The Morgan fingerprint density at radius 3 is 2.74 bits per heavy atom. The molecule has 5 heteroatoms. The highest BCUT2D eigenvalue weighted by atomic mass is 16.6. The topological polar surface area (TPSA) is 55.6 Å². The van der Waals surface area contributed by atoms with Gasteiger partial charge in [-0.15, -0.1) is 0 Å². The summed E-state index contributed by atoms with van der Waals surface area (Å²) in [6.07, 6.45) is 0.